The number of anilines is 1. The van der Waals surface area contributed by atoms with Crippen LogP contribution in [0.2, 0.25) is 0 Å². The zero-order valence-electron chi connectivity index (χ0n) is 12.1. The predicted octanol–water partition coefficient (Wildman–Crippen LogP) is 2.17. The quantitative estimate of drug-likeness (QED) is 0.862. The molecular formula is C13H24N4O. The number of amides is 1. The lowest BCUT2D eigenvalue weighted by Crippen LogP contribution is -2.53. The van der Waals surface area contributed by atoms with Crippen molar-refractivity contribution in [2.75, 3.05) is 5.32 Å². The van der Waals surface area contributed by atoms with Gasteiger partial charge in [-0.2, -0.15) is 5.10 Å². The minimum atomic E-state index is -0.660. The topological polar surface area (TPSA) is 72.9 Å². The van der Waals surface area contributed by atoms with Gasteiger partial charge in [-0.15, -0.1) is 0 Å². The highest BCUT2D eigenvalue weighted by Crippen LogP contribution is 2.29. The third-order valence-corrected chi connectivity index (χ3v) is 3.57. The number of nitrogens with zero attached hydrogens (tertiary/aromatic N) is 2. The van der Waals surface area contributed by atoms with Crippen molar-refractivity contribution in [3.63, 3.8) is 0 Å². The molecule has 0 saturated carbocycles. The maximum atomic E-state index is 12.2. The van der Waals surface area contributed by atoms with E-state index in [2.05, 4.69) is 10.4 Å². The Bertz CT molecular complexity index is 426. The van der Waals surface area contributed by atoms with Crippen LogP contribution in [-0.2, 0) is 4.79 Å². The van der Waals surface area contributed by atoms with Gasteiger partial charge >= 0.3 is 0 Å². The molecule has 0 bridgehead atoms. The highest BCUT2D eigenvalue weighted by molar-refractivity contribution is 5.95. The molecule has 102 valence electrons. The Labute approximate surface area is 109 Å². The normalized spacial score (nSPS) is 12.9. The fraction of sp³-hybridized carbons (Fsp3) is 0.692. The second kappa shape index (κ2) is 4.72. The van der Waals surface area contributed by atoms with Crippen molar-refractivity contribution in [3.05, 3.63) is 12.4 Å². The van der Waals surface area contributed by atoms with Crippen molar-refractivity contribution in [1.29, 1.82) is 0 Å². The van der Waals surface area contributed by atoms with Crippen LogP contribution in [0.3, 0.4) is 0 Å². The van der Waals surface area contributed by atoms with Gasteiger partial charge in [0.2, 0.25) is 5.91 Å². The summed E-state index contributed by atoms with van der Waals surface area (Å²) >= 11 is 0. The van der Waals surface area contributed by atoms with Crippen molar-refractivity contribution in [2.24, 2.45) is 11.1 Å². The molecule has 18 heavy (non-hydrogen) atoms. The van der Waals surface area contributed by atoms with Gasteiger partial charge in [0.1, 0.15) is 0 Å². The molecule has 5 nitrogen and oxygen atoms in total. The summed E-state index contributed by atoms with van der Waals surface area (Å²) in [4.78, 5) is 12.2. The standard InChI is InChI=1S/C13H24N4O/c1-9(2)17-8-10(7-15-17)16-11(18)12(3,4)13(5,6)14/h7-9H,14H2,1-6H3,(H,16,18). The van der Waals surface area contributed by atoms with Crippen LogP contribution in [0.15, 0.2) is 12.4 Å². The second-order valence-electron chi connectivity index (χ2n) is 6.10. The molecule has 0 fully saturated rings. The van der Waals surface area contributed by atoms with Gasteiger partial charge in [-0.3, -0.25) is 9.48 Å². The fourth-order valence-corrected chi connectivity index (χ4v) is 1.26. The maximum Gasteiger partial charge on any atom is 0.231 e. The largest absolute Gasteiger partial charge is 0.325 e. The van der Waals surface area contributed by atoms with Gasteiger partial charge in [0.05, 0.1) is 17.3 Å². The van der Waals surface area contributed by atoms with Gasteiger partial charge in [0.25, 0.3) is 0 Å². The minimum Gasteiger partial charge on any atom is -0.325 e. The SMILES string of the molecule is CC(C)n1cc(NC(=O)C(C)(C)C(C)(C)N)cn1. The summed E-state index contributed by atoms with van der Waals surface area (Å²) in [6.45, 7) is 11.5. The molecule has 0 atom stereocenters. The molecule has 3 N–H and O–H groups in total. The summed E-state index contributed by atoms with van der Waals surface area (Å²) < 4.78 is 1.80. The van der Waals surface area contributed by atoms with Crippen LogP contribution in [0.25, 0.3) is 0 Å². The fourth-order valence-electron chi connectivity index (χ4n) is 1.26. The zero-order chi connectivity index (χ0) is 14.1. The van der Waals surface area contributed by atoms with E-state index in [0.717, 1.165) is 0 Å². The lowest BCUT2D eigenvalue weighted by atomic mass is 9.74. The Morgan fingerprint density at radius 3 is 2.33 bits per heavy atom. The molecule has 5 heteroatoms. The number of carbonyl (C=O) groups excluding carboxylic acids is 1. The summed E-state index contributed by atoms with van der Waals surface area (Å²) in [6, 6.07) is 0.273. The first-order valence-electron chi connectivity index (χ1n) is 6.20. The maximum absolute atomic E-state index is 12.2. The van der Waals surface area contributed by atoms with Crippen LogP contribution in [0.5, 0.6) is 0 Å². The van der Waals surface area contributed by atoms with Crippen molar-refractivity contribution in [1.82, 2.24) is 9.78 Å². The number of nitrogens with two attached hydrogens (primary N) is 1. The third kappa shape index (κ3) is 2.90. The van der Waals surface area contributed by atoms with E-state index in [0.29, 0.717) is 5.69 Å². The molecule has 1 rings (SSSR count). The van der Waals surface area contributed by atoms with Crippen molar-refractivity contribution in [2.45, 2.75) is 53.1 Å². The third-order valence-electron chi connectivity index (χ3n) is 3.57. The van der Waals surface area contributed by atoms with Crippen molar-refractivity contribution in [3.8, 4) is 0 Å². The van der Waals surface area contributed by atoms with Crippen LogP contribution >= 0.6 is 0 Å². The summed E-state index contributed by atoms with van der Waals surface area (Å²) in [6.07, 6.45) is 3.47. The van der Waals surface area contributed by atoms with Crippen molar-refractivity contribution >= 4 is 11.6 Å². The lowest BCUT2D eigenvalue weighted by Gasteiger charge is -2.36. The second-order valence-corrected chi connectivity index (χ2v) is 6.10. The molecule has 0 aliphatic heterocycles. The highest BCUT2D eigenvalue weighted by atomic mass is 16.2. The van der Waals surface area contributed by atoms with Crippen LogP contribution in [0.1, 0.15) is 47.6 Å². The van der Waals surface area contributed by atoms with Crippen molar-refractivity contribution < 1.29 is 4.79 Å². The molecule has 0 aliphatic rings. The Morgan fingerprint density at radius 1 is 1.39 bits per heavy atom. The van der Waals surface area contributed by atoms with Gasteiger partial charge in [-0.05, 0) is 41.5 Å². The summed E-state index contributed by atoms with van der Waals surface area (Å²) in [5, 5.41) is 7.05. The number of carbonyl (C=O) groups is 1. The molecule has 1 aromatic rings. The Kier molecular flexibility index (Phi) is 3.86. The Morgan fingerprint density at radius 2 is 1.94 bits per heavy atom. The van der Waals surface area contributed by atoms with Crippen LogP contribution < -0.4 is 11.1 Å². The predicted molar refractivity (Wildman–Crippen MR) is 73.3 cm³/mol. The van der Waals surface area contributed by atoms with Crippen LogP contribution in [-0.4, -0.2) is 21.2 Å². The molecule has 0 spiro atoms. The van der Waals surface area contributed by atoms with Gasteiger partial charge in [-0.1, -0.05) is 0 Å². The first-order chi connectivity index (χ1) is 8.05. The molecular weight excluding hydrogens is 228 g/mol. The zero-order valence-corrected chi connectivity index (χ0v) is 12.1. The Hall–Kier alpha value is -1.36. The minimum absolute atomic E-state index is 0.0988. The van der Waals surface area contributed by atoms with E-state index in [-0.39, 0.29) is 11.9 Å². The van der Waals surface area contributed by atoms with E-state index < -0.39 is 11.0 Å². The number of rotatable bonds is 4. The van der Waals surface area contributed by atoms with Gasteiger partial charge < -0.3 is 11.1 Å². The van der Waals surface area contributed by atoms with Gasteiger partial charge in [0.15, 0.2) is 0 Å². The molecule has 0 aliphatic carbocycles. The molecule has 0 radical (unpaired) electrons. The van der Waals surface area contributed by atoms with E-state index in [9.17, 15) is 4.79 Å². The van der Waals surface area contributed by atoms with Gasteiger partial charge in [-0.25, -0.2) is 0 Å². The average molecular weight is 252 g/mol. The number of hydrogen-bond donors (Lipinski definition) is 2. The molecule has 1 aromatic heterocycles. The summed E-state index contributed by atoms with van der Waals surface area (Å²) in [5.74, 6) is -0.0988. The van der Waals surface area contributed by atoms with E-state index in [1.54, 1.807) is 10.9 Å². The van der Waals surface area contributed by atoms with Gasteiger partial charge in [0, 0.05) is 17.8 Å². The first kappa shape index (κ1) is 14.7. The summed E-state index contributed by atoms with van der Waals surface area (Å²) in [5.41, 5.74) is 5.49. The van der Waals surface area contributed by atoms with E-state index in [4.69, 9.17) is 5.73 Å². The molecule has 0 saturated heterocycles. The Balaban J connectivity index is 2.82. The first-order valence-corrected chi connectivity index (χ1v) is 6.20. The van der Waals surface area contributed by atoms with Crippen LogP contribution in [0.4, 0.5) is 5.69 Å². The lowest BCUT2D eigenvalue weighted by molar-refractivity contribution is -0.126. The number of hydrogen-bond acceptors (Lipinski definition) is 3. The highest BCUT2D eigenvalue weighted by Gasteiger charge is 2.40. The molecule has 0 unspecified atom stereocenters. The summed E-state index contributed by atoms with van der Waals surface area (Å²) in [7, 11) is 0. The molecule has 0 aromatic carbocycles. The van der Waals surface area contributed by atoms with E-state index >= 15 is 0 Å². The van der Waals surface area contributed by atoms with Crippen LogP contribution in [0, 0.1) is 5.41 Å². The van der Waals surface area contributed by atoms with E-state index in [1.165, 1.54) is 0 Å². The molecule has 1 amide bonds. The average Bonchev–Trinajstić information content (AvgIpc) is 2.64. The number of nitrogens with one attached hydrogen (secondary N) is 1. The van der Waals surface area contributed by atoms with E-state index in [1.807, 2.05) is 47.7 Å². The monoisotopic (exact) mass is 252 g/mol. The number of aromatic nitrogens is 2. The smallest absolute Gasteiger partial charge is 0.231 e. The molecule has 1 heterocycles.